The average Bonchev–Trinajstić information content (AvgIpc) is 2.53. The standard InChI is InChI=1S/C16H11Br2N3O3/c1-8-2-11(21-7-20-8)6-19-15(22)12-4-9-3-10(17)5-13(18)14(9)24-16(12)23/h2-5,7H,6H2,1H3,(H,19,22). The highest BCUT2D eigenvalue weighted by molar-refractivity contribution is 9.11. The van der Waals surface area contributed by atoms with Crippen molar-refractivity contribution in [3.63, 3.8) is 0 Å². The number of carbonyl (C=O) groups is 1. The summed E-state index contributed by atoms with van der Waals surface area (Å²) in [5.74, 6) is -0.516. The second-order valence-electron chi connectivity index (χ2n) is 5.09. The molecule has 0 aliphatic heterocycles. The highest BCUT2D eigenvalue weighted by Crippen LogP contribution is 2.27. The Bertz CT molecular complexity index is 1000. The van der Waals surface area contributed by atoms with Gasteiger partial charge in [-0.1, -0.05) is 15.9 Å². The Morgan fingerprint density at radius 1 is 1.21 bits per heavy atom. The van der Waals surface area contributed by atoms with Crippen LogP contribution in [0.2, 0.25) is 0 Å². The SMILES string of the molecule is Cc1cc(CNC(=O)c2cc3cc(Br)cc(Br)c3oc2=O)ncn1. The largest absolute Gasteiger partial charge is 0.421 e. The van der Waals surface area contributed by atoms with Crippen molar-refractivity contribution in [2.75, 3.05) is 0 Å². The van der Waals surface area contributed by atoms with Gasteiger partial charge in [0.15, 0.2) is 5.58 Å². The average molecular weight is 453 g/mol. The Morgan fingerprint density at radius 2 is 2.00 bits per heavy atom. The van der Waals surface area contributed by atoms with Crippen molar-refractivity contribution in [1.29, 1.82) is 0 Å². The number of nitrogens with one attached hydrogen (secondary N) is 1. The van der Waals surface area contributed by atoms with Crippen LogP contribution in [0.5, 0.6) is 0 Å². The van der Waals surface area contributed by atoms with Crippen LogP contribution >= 0.6 is 31.9 Å². The van der Waals surface area contributed by atoms with Crippen LogP contribution < -0.4 is 10.9 Å². The molecule has 6 nitrogen and oxygen atoms in total. The van der Waals surface area contributed by atoms with E-state index in [0.717, 1.165) is 10.2 Å². The number of nitrogens with zero attached hydrogens (tertiary/aromatic N) is 2. The molecule has 2 aromatic heterocycles. The topological polar surface area (TPSA) is 85.1 Å². The van der Waals surface area contributed by atoms with E-state index in [1.807, 2.05) is 6.92 Å². The number of benzene rings is 1. The molecule has 1 amide bonds. The lowest BCUT2D eigenvalue weighted by Gasteiger charge is -2.06. The number of rotatable bonds is 3. The molecule has 0 fully saturated rings. The fraction of sp³-hybridized carbons (Fsp3) is 0.125. The fourth-order valence-electron chi connectivity index (χ4n) is 2.19. The van der Waals surface area contributed by atoms with Gasteiger partial charge in [-0.3, -0.25) is 4.79 Å². The second-order valence-corrected chi connectivity index (χ2v) is 6.86. The van der Waals surface area contributed by atoms with Crippen molar-refractivity contribution >= 4 is 48.7 Å². The quantitative estimate of drug-likeness (QED) is 0.616. The van der Waals surface area contributed by atoms with Gasteiger partial charge in [-0.25, -0.2) is 14.8 Å². The number of amides is 1. The van der Waals surface area contributed by atoms with Gasteiger partial charge in [-0.05, 0) is 47.1 Å². The van der Waals surface area contributed by atoms with Gasteiger partial charge in [0.2, 0.25) is 0 Å². The van der Waals surface area contributed by atoms with Gasteiger partial charge in [-0.15, -0.1) is 0 Å². The second kappa shape index (κ2) is 6.82. The van der Waals surface area contributed by atoms with Crippen LogP contribution in [0.1, 0.15) is 21.7 Å². The van der Waals surface area contributed by atoms with Crippen LogP contribution in [0.3, 0.4) is 0 Å². The molecule has 0 saturated heterocycles. The zero-order valence-corrected chi connectivity index (χ0v) is 15.6. The summed E-state index contributed by atoms with van der Waals surface area (Å²) in [5, 5.41) is 3.30. The molecule has 122 valence electrons. The van der Waals surface area contributed by atoms with Crippen molar-refractivity contribution in [3.8, 4) is 0 Å². The molecule has 0 radical (unpaired) electrons. The lowest BCUT2D eigenvalue weighted by molar-refractivity contribution is 0.0947. The van der Waals surface area contributed by atoms with Crippen LogP contribution in [0.15, 0.2) is 48.7 Å². The molecule has 24 heavy (non-hydrogen) atoms. The normalized spacial score (nSPS) is 10.8. The number of hydrogen-bond acceptors (Lipinski definition) is 5. The monoisotopic (exact) mass is 451 g/mol. The molecule has 1 aromatic carbocycles. The summed E-state index contributed by atoms with van der Waals surface area (Å²) in [5.41, 5.74) is 1.10. The zero-order chi connectivity index (χ0) is 17.3. The van der Waals surface area contributed by atoms with E-state index in [0.29, 0.717) is 21.1 Å². The molecule has 1 N–H and O–H groups in total. The lowest BCUT2D eigenvalue weighted by atomic mass is 10.2. The number of aromatic nitrogens is 2. The predicted octanol–water partition coefficient (Wildman–Crippen LogP) is 3.35. The first-order valence-electron chi connectivity index (χ1n) is 6.92. The van der Waals surface area contributed by atoms with Crippen molar-refractivity contribution < 1.29 is 9.21 Å². The van der Waals surface area contributed by atoms with Crippen molar-refractivity contribution in [2.45, 2.75) is 13.5 Å². The minimum atomic E-state index is -0.693. The smallest absolute Gasteiger partial charge is 0.349 e. The molecule has 0 spiro atoms. The van der Waals surface area contributed by atoms with E-state index in [1.54, 1.807) is 18.2 Å². The summed E-state index contributed by atoms with van der Waals surface area (Å²) in [7, 11) is 0. The van der Waals surface area contributed by atoms with E-state index in [-0.39, 0.29) is 12.1 Å². The van der Waals surface area contributed by atoms with Gasteiger partial charge in [0.05, 0.1) is 16.7 Å². The Kier molecular flexibility index (Phi) is 4.77. The Labute approximate surface area is 153 Å². The van der Waals surface area contributed by atoms with Crippen LogP contribution in [-0.4, -0.2) is 15.9 Å². The van der Waals surface area contributed by atoms with E-state index in [4.69, 9.17) is 4.42 Å². The van der Waals surface area contributed by atoms with Crippen molar-refractivity contribution in [1.82, 2.24) is 15.3 Å². The van der Waals surface area contributed by atoms with E-state index in [9.17, 15) is 9.59 Å². The molecule has 0 atom stereocenters. The zero-order valence-electron chi connectivity index (χ0n) is 12.5. The third kappa shape index (κ3) is 3.54. The van der Waals surface area contributed by atoms with E-state index in [2.05, 4.69) is 47.1 Å². The summed E-state index contributed by atoms with van der Waals surface area (Å²) in [4.78, 5) is 32.4. The third-order valence-corrected chi connectivity index (χ3v) is 4.33. The first-order chi connectivity index (χ1) is 11.4. The van der Waals surface area contributed by atoms with Crippen LogP contribution in [-0.2, 0) is 6.54 Å². The molecule has 3 rings (SSSR count). The number of halogens is 2. The molecule has 0 bridgehead atoms. The Hall–Kier alpha value is -2.06. The van der Waals surface area contributed by atoms with E-state index < -0.39 is 11.5 Å². The lowest BCUT2D eigenvalue weighted by Crippen LogP contribution is -2.28. The number of aryl methyl sites for hydroxylation is 1. The molecule has 3 aromatic rings. The minimum absolute atomic E-state index is 0.0571. The van der Waals surface area contributed by atoms with Gasteiger partial charge in [0, 0.05) is 15.6 Å². The molecule has 8 heteroatoms. The highest BCUT2D eigenvalue weighted by Gasteiger charge is 2.15. The number of hydrogen-bond donors (Lipinski definition) is 1. The molecule has 0 aliphatic carbocycles. The molecular weight excluding hydrogens is 442 g/mol. The first-order valence-corrected chi connectivity index (χ1v) is 8.51. The molecule has 2 heterocycles. The maximum Gasteiger partial charge on any atom is 0.349 e. The molecule has 0 saturated carbocycles. The van der Waals surface area contributed by atoms with Gasteiger partial charge in [-0.2, -0.15) is 0 Å². The van der Waals surface area contributed by atoms with Gasteiger partial charge in [0.25, 0.3) is 5.91 Å². The fourth-order valence-corrected chi connectivity index (χ4v) is 3.53. The summed E-state index contributed by atoms with van der Waals surface area (Å²) in [6, 6.07) is 6.81. The van der Waals surface area contributed by atoms with Crippen LogP contribution in [0.4, 0.5) is 0 Å². The van der Waals surface area contributed by atoms with Crippen LogP contribution in [0, 0.1) is 6.92 Å². The third-order valence-electron chi connectivity index (χ3n) is 3.29. The van der Waals surface area contributed by atoms with Crippen molar-refractivity contribution in [3.05, 3.63) is 66.9 Å². The predicted molar refractivity (Wildman–Crippen MR) is 95.8 cm³/mol. The maximum atomic E-state index is 12.3. The summed E-state index contributed by atoms with van der Waals surface area (Å²) in [6.07, 6.45) is 1.43. The summed E-state index contributed by atoms with van der Waals surface area (Å²) in [6.45, 7) is 2.03. The van der Waals surface area contributed by atoms with Gasteiger partial charge < -0.3 is 9.73 Å². The van der Waals surface area contributed by atoms with Gasteiger partial charge in [0.1, 0.15) is 11.9 Å². The number of carbonyl (C=O) groups excluding carboxylic acids is 1. The van der Waals surface area contributed by atoms with Crippen LogP contribution in [0.25, 0.3) is 11.0 Å². The van der Waals surface area contributed by atoms with E-state index >= 15 is 0 Å². The maximum absolute atomic E-state index is 12.3. The summed E-state index contributed by atoms with van der Waals surface area (Å²) >= 11 is 6.70. The molecule has 0 unspecified atom stereocenters. The summed E-state index contributed by atoms with van der Waals surface area (Å²) < 4.78 is 6.70. The highest BCUT2D eigenvalue weighted by atomic mass is 79.9. The molecule has 0 aliphatic rings. The first kappa shape index (κ1) is 16.8. The number of fused-ring (bicyclic) bond motifs is 1. The molecular formula is C16H11Br2N3O3. The van der Waals surface area contributed by atoms with Crippen molar-refractivity contribution in [2.24, 2.45) is 0 Å². The minimum Gasteiger partial charge on any atom is -0.421 e. The Morgan fingerprint density at radius 3 is 2.75 bits per heavy atom. The van der Waals surface area contributed by atoms with Gasteiger partial charge >= 0.3 is 5.63 Å². The Balaban J connectivity index is 1.89. The van der Waals surface area contributed by atoms with E-state index in [1.165, 1.54) is 12.4 Å².